The Kier molecular flexibility index (Phi) is 10.1. The van der Waals surface area contributed by atoms with Gasteiger partial charge >= 0.3 is 0 Å². The fraction of sp³-hybridized carbons (Fsp3) is 1.00. The van der Waals surface area contributed by atoms with E-state index in [2.05, 4.69) is 27.9 Å². The Morgan fingerprint density at radius 1 is 0.562 bits per heavy atom. The molecule has 0 N–H and O–H groups in total. The number of hydrogen-bond donors (Lipinski definition) is 0. The van der Waals surface area contributed by atoms with E-state index in [-0.39, 0.29) is 0 Å². The summed E-state index contributed by atoms with van der Waals surface area (Å²) in [4.78, 5) is 0. The fourth-order valence-corrected chi connectivity index (χ4v) is 2.19. The lowest BCUT2D eigenvalue weighted by Gasteiger charge is -2.29. The first-order chi connectivity index (χ1) is 7.62. The fourth-order valence-electron chi connectivity index (χ4n) is 2.19. The molecule has 0 saturated heterocycles. The summed E-state index contributed by atoms with van der Waals surface area (Å²) in [7, 11) is 4.76. The number of quaternary nitrogens is 1. The molecule has 0 aromatic rings. The molecule has 0 aliphatic rings. The van der Waals surface area contributed by atoms with Gasteiger partial charge in [-0.15, -0.1) is 0 Å². The van der Waals surface area contributed by atoms with Gasteiger partial charge in [-0.1, -0.05) is 52.4 Å². The molecule has 0 rings (SSSR count). The molecular weight excluding hydrogens is 194 g/mol. The van der Waals surface area contributed by atoms with Crippen molar-refractivity contribution in [2.75, 3.05) is 27.2 Å². The summed E-state index contributed by atoms with van der Waals surface area (Å²) >= 11 is 0. The molecule has 0 amide bonds. The maximum absolute atomic E-state index is 2.38. The SMILES string of the molecule is CCCCCCCCC[N+](C)(C)CCCC. The van der Waals surface area contributed by atoms with E-state index in [1.807, 2.05) is 0 Å². The average Bonchev–Trinajstić information content (AvgIpc) is 2.25. The summed E-state index contributed by atoms with van der Waals surface area (Å²) in [6.07, 6.45) is 12.7. The second-order valence-electron chi connectivity index (χ2n) is 5.86. The van der Waals surface area contributed by atoms with Crippen LogP contribution in [0.3, 0.4) is 0 Å². The van der Waals surface area contributed by atoms with Crippen molar-refractivity contribution in [1.82, 2.24) is 0 Å². The summed E-state index contributed by atoms with van der Waals surface area (Å²) < 4.78 is 1.23. The molecule has 0 aromatic carbocycles. The van der Waals surface area contributed by atoms with Gasteiger partial charge in [0.1, 0.15) is 0 Å². The van der Waals surface area contributed by atoms with Gasteiger partial charge in [0, 0.05) is 0 Å². The smallest absolute Gasteiger partial charge is 0.0782 e. The lowest BCUT2D eigenvalue weighted by Crippen LogP contribution is -2.41. The molecule has 0 fully saturated rings. The molecule has 1 heteroatoms. The maximum Gasteiger partial charge on any atom is 0.0782 e. The predicted molar refractivity (Wildman–Crippen MR) is 74.7 cm³/mol. The molecule has 0 spiro atoms. The van der Waals surface area contributed by atoms with Gasteiger partial charge in [0.2, 0.25) is 0 Å². The van der Waals surface area contributed by atoms with Crippen molar-refractivity contribution in [3.8, 4) is 0 Å². The van der Waals surface area contributed by atoms with Gasteiger partial charge in [0.25, 0.3) is 0 Å². The highest BCUT2D eigenvalue weighted by Crippen LogP contribution is 2.10. The van der Waals surface area contributed by atoms with Crippen LogP contribution in [0.15, 0.2) is 0 Å². The molecular formula is C15H34N+. The summed E-state index contributed by atoms with van der Waals surface area (Å²) in [5.74, 6) is 0. The summed E-state index contributed by atoms with van der Waals surface area (Å²) in [5, 5.41) is 0. The third-order valence-electron chi connectivity index (χ3n) is 3.48. The Morgan fingerprint density at radius 3 is 1.56 bits per heavy atom. The minimum atomic E-state index is 1.23. The zero-order chi connectivity index (χ0) is 12.3. The van der Waals surface area contributed by atoms with Crippen LogP contribution in [-0.4, -0.2) is 31.7 Å². The molecule has 0 saturated carbocycles. The summed E-state index contributed by atoms with van der Waals surface area (Å²) in [5.41, 5.74) is 0. The van der Waals surface area contributed by atoms with Crippen LogP contribution >= 0.6 is 0 Å². The zero-order valence-corrected chi connectivity index (χ0v) is 12.2. The minimum absolute atomic E-state index is 1.23. The number of unbranched alkanes of at least 4 members (excludes halogenated alkanes) is 7. The van der Waals surface area contributed by atoms with Crippen LogP contribution in [0.4, 0.5) is 0 Å². The van der Waals surface area contributed by atoms with Gasteiger partial charge in [-0.2, -0.15) is 0 Å². The Hall–Kier alpha value is -0.0400. The molecule has 0 radical (unpaired) electrons. The van der Waals surface area contributed by atoms with Crippen LogP contribution in [0.2, 0.25) is 0 Å². The first-order valence-electron chi connectivity index (χ1n) is 7.44. The quantitative estimate of drug-likeness (QED) is 0.358. The van der Waals surface area contributed by atoms with Gasteiger partial charge in [-0.05, 0) is 19.3 Å². The number of nitrogens with zero attached hydrogens (tertiary/aromatic N) is 1. The molecule has 0 aromatic heterocycles. The van der Waals surface area contributed by atoms with E-state index in [0.29, 0.717) is 0 Å². The molecule has 0 unspecified atom stereocenters. The summed E-state index contributed by atoms with van der Waals surface area (Å²) in [6, 6.07) is 0. The van der Waals surface area contributed by atoms with Gasteiger partial charge in [0.05, 0.1) is 27.2 Å². The molecule has 1 nitrogen and oxygen atoms in total. The lowest BCUT2D eigenvalue weighted by molar-refractivity contribution is -0.890. The molecule has 0 heterocycles. The van der Waals surface area contributed by atoms with Crippen LogP contribution in [0.1, 0.15) is 71.6 Å². The first kappa shape index (κ1) is 16.0. The van der Waals surface area contributed by atoms with Gasteiger partial charge in [-0.25, -0.2) is 0 Å². The van der Waals surface area contributed by atoms with Crippen molar-refractivity contribution >= 4 is 0 Å². The molecule has 16 heavy (non-hydrogen) atoms. The van der Waals surface area contributed by atoms with E-state index in [4.69, 9.17) is 0 Å². The second kappa shape index (κ2) is 10.1. The van der Waals surface area contributed by atoms with E-state index in [0.717, 1.165) is 0 Å². The van der Waals surface area contributed by atoms with Crippen molar-refractivity contribution in [2.24, 2.45) is 0 Å². The molecule has 0 bridgehead atoms. The molecule has 0 aliphatic carbocycles. The van der Waals surface area contributed by atoms with E-state index < -0.39 is 0 Å². The molecule has 0 aliphatic heterocycles. The maximum atomic E-state index is 2.38. The molecule has 98 valence electrons. The topological polar surface area (TPSA) is 0 Å². The van der Waals surface area contributed by atoms with Crippen LogP contribution in [0.5, 0.6) is 0 Å². The minimum Gasteiger partial charge on any atom is -0.328 e. The highest BCUT2D eigenvalue weighted by Gasteiger charge is 2.12. The van der Waals surface area contributed by atoms with Crippen LogP contribution in [0.25, 0.3) is 0 Å². The Labute approximate surface area is 104 Å². The van der Waals surface area contributed by atoms with Crippen molar-refractivity contribution in [2.45, 2.75) is 71.6 Å². The van der Waals surface area contributed by atoms with Crippen molar-refractivity contribution in [3.63, 3.8) is 0 Å². The number of hydrogen-bond acceptors (Lipinski definition) is 0. The van der Waals surface area contributed by atoms with E-state index in [9.17, 15) is 0 Å². The van der Waals surface area contributed by atoms with Crippen LogP contribution in [0, 0.1) is 0 Å². The zero-order valence-electron chi connectivity index (χ0n) is 12.2. The van der Waals surface area contributed by atoms with Gasteiger partial charge in [0.15, 0.2) is 0 Å². The Bertz CT molecular complexity index is 140. The highest BCUT2D eigenvalue weighted by atomic mass is 15.3. The Balaban J connectivity index is 3.29. The predicted octanol–water partition coefficient (Wildman–Crippen LogP) is 4.61. The number of rotatable bonds is 11. The van der Waals surface area contributed by atoms with Crippen molar-refractivity contribution < 1.29 is 4.48 Å². The van der Waals surface area contributed by atoms with Crippen molar-refractivity contribution in [3.05, 3.63) is 0 Å². The highest BCUT2D eigenvalue weighted by molar-refractivity contribution is 4.45. The van der Waals surface area contributed by atoms with Crippen LogP contribution in [-0.2, 0) is 0 Å². The van der Waals surface area contributed by atoms with Gasteiger partial charge < -0.3 is 4.48 Å². The van der Waals surface area contributed by atoms with Crippen LogP contribution < -0.4 is 0 Å². The van der Waals surface area contributed by atoms with E-state index >= 15 is 0 Å². The average molecular weight is 228 g/mol. The standard InChI is InChI=1S/C15H34N/c1-5-7-9-10-11-12-13-15-16(3,4)14-8-6-2/h5-15H2,1-4H3/q+1. The lowest BCUT2D eigenvalue weighted by atomic mass is 10.1. The summed E-state index contributed by atoms with van der Waals surface area (Å²) in [6.45, 7) is 7.29. The third kappa shape index (κ3) is 10.5. The Morgan fingerprint density at radius 2 is 1.00 bits per heavy atom. The van der Waals surface area contributed by atoms with E-state index in [1.54, 1.807) is 0 Å². The first-order valence-corrected chi connectivity index (χ1v) is 7.44. The monoisotopic (exact) mass is 228 g/mol. The largest absolute Gasteiger partial charge is 0.328 e. The van der Waals surface area contributed by atoms with E-state index in [1.165, 1.54) is 75.4 Å². The molecule has 0 atom stereocenters. The van der Waals surface area contributed by atoms with Gasteiger partial charge in [-0.3, -0.25) is 0 Å². The van der Waals surface area contributed by atoms with Crippen molar-refractivity contribution in [1.29, 1.82) is 0 Å². The normalized spacial score (nSPS) is 12.0. The second-order valence-corrected chi connectivity index (χ2v) is 5.86. The third-order valence-corrected chi connectivity index (χ3v) is 3.48.